The number of nitrogens with one attached hydrogen (secondary N) is 1. The van der Waals surface area contributed by atoms with E-state index in [0.717, 1.165) is 6.41 Å². The number of rotatable bonds is 3. The molecule has 0 aliphatic rings. The quantitative estimate of drug-likeness (QED) is 0.634. The second-order valence-electron chi connectivity index (χ2n) is 1.64. The van der Waals surface area contributed by atoms with Crippen molar-refractivity contribution in [1.29, 1.82) is 0 Å². The van der Waals surface area contributed by atoms with Gasteiger partial charge in [-0.1, -0.05) is 0 Å². The summed E-state index contributed by atoms with van der Waals surface area (Å²) in [4.78, 5) is 9.66. The van der Waals surface area contributed by atoms with Gasteiger partial charge in [0.15, 0.2) is 0 Å². The van der Waals surface area contributed by atoms with E-state index in [4.69, 9.17) is 0 Å². The largest absolute Gasteiger partial charge is 0.451 e. The van der Waals surface area contributed by atoms with Crippen LogP contribution in [0.4, 0.5) is 0 Å². The fraction of sp³-hybridized carbons (Fsp3) is 0. The molecule has 1 radical (unpaired) electrons. The Labute approximate surface area is 63.1 Å². The van der Waals surface area contributed by atoms with E-state index >= 15 is 0 Å². The molecule has 1 amide bonds. The standard InChI is InChI=1S/C5H4NO4S/c7-4-6-11(8,9)5-2-1-3-10-5/h1-3H,(H,6,7). The molecule has 1 aromatic heterocycles. The maximum absolute atomic E-state index is 10.8. The van der Waals surface area contributed by atoms with Crippen LogP contribution in [0.15, 0.2) is 27.9 Å². The smallest absolute Gasteiger partial charge is 0.324 e. The Hall–Kier alpha value is -1.30. The van der Waals surface area contributed by atoms with Crippen LogP contribution in [-0.4, -0.2) is 14.8 Å². The molecule has 1 rings (SSSR count). The number of hydrogen-bond acceptors (Lipinski definition) is 4. The summed E-state index contributed by atoms with van der Waals surface area (Å²) in [5.41, 5.74) is 0. The van der Waals surface area contributed by atoms with Crippen molar-refractivity contribution < 1.29 is 17.6 Å². The number of carbonyl (C=O) groups excluding carboxylic acids is 1. The molecule has 1 N–H and O–H groups in total. The Morgan fingerprint density at radius 3 is 2.73 bits per heavy atom. The summed E-state index contributed by atoms with van der Waals surface area (Å²) in [7, 11) is -3.81. The van der Waals surface area contributed by atoms with E-state index in [1.165, 1.54) is 23.1 Å². The van der Waals surface area contributed by atoms with Crippen molar-refractivity contribution in [3.05, 3.63) is 18.4 Å². The Bertz CT molecular complexity index is 325. The Balaban J connectivity index is 3.01. The molecule has 0 atom stereocenters. The van der Waals surface area contributed by atoms with Crippen LogP contribution in [0.2, 0.25) is 0 Å². The first-order valence-corrected chi connectivity index (χ1v) is 4.07. The van der Waals surface area contributed by atoms with Gasteiger partial charge in [0.05, 0.1) is 6.26 Å². The van der Waals surface area contributed by atoms with Gasteiger partial charge in [0, 0.05) is 0 Å². The van der Waals surface area contributed by atoms with Crippen molar-refractivity contribution in [2.45, 2.75) is 5.09 Å². The van der Waals surface area contributed by atoms with Gasteiger partial charge in [-0.3, -0.25) is 4.79 Å². The van der Waals surface area contributed by atoms with Crippen LogP contribution in [0.5, 0.6) is 0 Å². The van der Waals surface area contributed by atoms with Crippen LogP contribution in [0.25, 0.3) is 0 Å². The summed E-state index contributed by atoms with van der Waals surface area (Å²) < 4.78 is 27.7. The van der Waals surface area contributed by atoms with E-state index in [1.54, 1.807) is 0 Å². The van der Waals surface area contributed by atoms with E-state index in [2.05, 4.69) is 4.42 Å². The first kappa shape index (κ1) is 7.80. The van der Waals surface area contributed by atoms with Gasteiger partial charge >= 0.3 is 6.41 Å². The lowest BCUT2D eigenvalue weighted by Crippen LogP contribution is -2.20. The number of hydrogen-bond donors (Lipinski definition) is 1. The molecule has 59 valence electrons. The molecule has 6 heteroatoms. The van der Waals surface area contributed by atoms with E-state index in [9.17, 15) is 13.2 Å². The normalized spacial score (nSPS) is 10.9. The molecule has 1 aromatic rings. The molecule has 0 saturated carbocycles. The van der Waals surface area contributed by atoms with E-state index in [0.29, 0.717) is 0 Å². The fourth-order valence-electron chi connectivity index (χ4n) is 0.522. The molecule has 0 fully saturated rings. The molecule has 0 bridgehead atoms. The second-order valence-corrected chi connectivity index (χ2v) is 3.25. The minimum atomic E-state index is -3.81. The van der Waals surface area contributed by atoms with Gasteiger partial charge in [-0.05, 0) is 12.1 Å². The predicted octanol–water partition coefficient (Wildman–Crippen LogP) is -0.375. The molecule has 0 aromatic carbocycles. The highest BCUT2D eigenvalue weighted by Crippen LogP contribution is 2.06. The third-order valence-corrected chi connectivity index (χ3v) is 2.05. The van der Waals surface area contributed by atoms with Crippen LogP contribution in [0.1, 0.15) is 0 Å². The lowest BCUT2D eigenvalue weighted by atomic mass is 10.7. The van der Waals surface area contributed by atoms with Crippen LogP contribution in [0.3, 0.4) is 0 Å². The SMILES string of the molecule is O=[C]NS(=O)(=O)c1ccco1. The number of furan rings is 1. The molecule has 0 unspecified atom stereocenters. The van der Waals surface area contributed by atoms with Crippen LogP contribution in [0, 0.1) is 0 Å². The van der Waals surface area contributed by atoms with Crippen LogP contribution in [-0.2, 0) is 14.8 Å². The van der Waals surface area contributed by atoms with E-state index in [1.807, 2.05) is 0 Å². The van der Waals surface area contributed by atoms with Crippen molar-refractivity contribution >= 4 is 16.4 Å². The van der Waals surface area contributed by atoms with Gasteiger partial charge in [-0.25, -0.2) is 4.72 Å². The van der Waals surface area contributed by atoms with Gasteiger partial charge in [0.25, 0.3) is 10.0 Å². The molecular weight excluding hydrogens is 170 g/mol. The third kappa shape index (κ3) is 1.58. The summed E-state index contributed by atoms with van der Waals surface area (Å²) in [6, 6.07) is 2.62. The molecule has 0 spiro atoms. The zero-order valence-corrected chi connectivity index (χ0v) is 6.09. The van der Waals surface area contributed by atoms with Crippen molar-refractivity contribution in [3.8, 4) is 0 Å². The van der Waals surface area contributed by atoms with Gasteiger partial charge in [0.2, 0.25) is 5.09 Å². The molecule has 0 saturated heterocycles. The van der Waals surface area contributed by atoms with Crippen LogP contribution < -0.4 is 4.72 Å². The van der Waals surface area contributed by atoms with E-state index in [-0.39, 0.29) is 5.09 Å². The molecule has 0 aliphatic carbocycles. The second kappa shape index (κ2) is 2.75. The average Bonchev–Trinajstić information content (AvgIpc) is 2.37. The lowest BCUT2D eigenvalue weighted by Gasteiger charge is -1.93. The van der Waals surface area contributed by atoms with Crippen molar-refractivity contribution in [1.82, 2.24) is 4.72 Å². The fourth-order valence-corrected chi connectivity index (χ4v) is 1.17. The number of amides is 1. The zero-order valence-electron chi connectivity index (χ0n) is 5.27. The first-order chi connectivity index (χ1) is 5.17. The minimum Gasteiger partial charge on any atom is -0.451 e. The van der Waals surface area contributed by atoms with E-state index < -0.39 is 10.0 Å². The Morgan fingerprint density at radius 1 is 1.55 bits per heavy atom. The van der Waals surface area contributed by atoms with Gasteiger partial charge in [-0.2, -0.15) is 8.42 Å². The zero-order chi connectivity index (χ0) is 8.32. The summed E-state index contributed by atoms with van der Waals surface area (Å²) >= 11 is 0. The van der Waals surface area contributed by atoms with Crippen LogP contribution >= 0.6 is 0 Å². The van der Waals surface area contributed by atoms with Gasteiger partial charge in [-0.15, -0.1) is 0 Å². The first-order valence-electron chi connectivity index (χ1n) is 2.59. The average molecular weight is 174 g/mol. The highest BCUT2D eigenvalue weighted by molar-refractivity contribution is 7.89. The third-order valence-electron chi connectivity index (χ3n) is 0.936. The highest BCUT2D eigenvalue weighted by atomic mass is 32.2. The molecular formula is C5H4NO4S. The minimum absolute atomic E-state index is 0.305. The highest BCUT2D eigenvalue weighted by Gasteiger charge is 2.15. The lowest BCUT2D eigenvalue weighted by molar-refractivity contribution is 0.447. The molecule has 11 heavy (non-hydrogen) atoms. The molecule has 1 heterocycles. The summed E-state index contributed by atoms with van der Waals surface area (Å²) in [6.45, 7) is 0. The summed E-state index contributed by atoms with van der Waals surface area (Å²) in [5.74, 6) is 0. The van der Waals surface area contributed by atoms with Gasteiger partial charge < -0.3 is 4.42 Å². The van der Waals surface area contributed by atoms with Crippen molar-refractivity contribution in [2.24, 2.45) is 0 Å². The van der Waals surface area contributed by atoms with Crippen molar-refractivity contribution in [3.63, 3.8) is 0 Å². The summed E-state index contributed by atoms with van der Waals surface area (Å²) in [6.07, 6.45) is 2.24. The molecule has 0 aliphatic heterocycles. The Kier molecular flexibility index (Phi) is 1.95. The van der Waals surface area contributed by atoms with Crippen molar-refractivity contribution in [2.75, 3.05) is 0 Å². The maximum atomic E-state index is 10.8. The Morgan fingerprint density at radius 2 is 2.27 bits per heavy atom. The maximum Gasteiger partial charge on any atom is 0.324 e. The summed E-state index contributed by atoms with van der Waals surface area (Å²) in [5, 5.41) is -0.305. The number of sulfonamides is 1. The van der Waals surface area contributed by atoms with Gasteiger partial charge in [0.1, 0.15) is 0 Å². The monoisotopic (exact) mass is 174 g/mol. The topological polar surface area (TPSA) is 76.4 Å². The molecule has 5 nitrogen and oxygen atoms in total. The predicted molar refractivity (Wildman–Crippen MR) is 34.7 cm³/mol.